The topological polar surface area (TPSA) is 29.1 Å². The molecule has 0 aliphatic carbocycles. The summed E-state index contributed by atoms with van der Waals surface area (Å²) in [6, 6.07) is -3.84. The van der Waals surface area contributed by atoms with E-state index in [1.54, 1.807) is 0 Å². The van der Waals surface area contributed by atoms with Crippen molar-refractivity contribution < 1.29 is 31.1 Å². The number of nitrogens with one attached hydrogen (secondary N) is 1. The highest BCUT2D eigenvalue weighted by molar-refractivity contribution is 5.48. The van der Waals surface area contributed by atoms with Gasteiger partial charge in [0.1, 0.15) is 0 Å². The van der Waals surface area contributed by atoms with E-state index in [1.807, 2.05) is 0 Å². The van der Waals surface area contributed by atoms with Gasteiger partial charge in [-0.05, 0) is 0 Å². The predicted molar refractivity (Wildman–Crippen MR) is 24.7 cm³/mol. The van der Waals surface area contributed by atoms with E-state index in [9.17, 15) is 31.1 Å². The normalized spacial score (nSPS) is 13.2. The van der Waals surface area contributed by atoms with Crippen LogP contribution in [0.3, 0.4) is 0 Å². The molecule has 0 aromatic rings. The van der Waals surface area contributed by atoms with E-state index in [2.05, 4.69) is 0 Å². The highest BCUT2D eigenvalue weighted by atomic mass is 19.4. The Labute approximate surface area is 62.5 Å². The van der Waals surface area contributed by atoms with E-state index in [0.717, 1.165) is 0 Å². The third kappa shape index (κ3) is 2.97. The summed E-state index contributed by atoms with van der Waals surface area (Å²) in [7, 11) is 0. The monoisotopic (exact) mass is 194 g/mol. The first kappa shape index (κ1) is 11.0. The molecule has 0 saturated carbocycles. The van der Waals surface area contributed by atoms with Crippen molar-refractivity contribution in [2.24, 2.45) is 0 Å². The molecule has 0 atom stereocenters. The minimum atomic E-state index is -5.55. The first-order valence-corrected chi connectivity index (χ1v) is 2.45. The molecule has 0 fully saturated rings. The highest BCUT2D eigenvalue weighted by Gasteiger charge is 2.56. The summed E-state index contributed by atoms with van der Waals surface area (Å²) < 4.78 is 68.6. The lowest BCUT2D eigenvalue weighted by Crippen LogP contribution is -2.52. The van der Waals surface area contributed by atoms with E-state index < -0.39 is 18.4 Å². The Morgan fingerprint density at radius 3 is 1.42 bits per heavy atom. The second kappa shape index (κ2) is 3.20. The van der Waals surface area contributed by atoms with Crippen LogP contribution >= 0.6 is 0 Å². The Hall–Kier alpha value is -0.950. The number of amides is 1. The van der Waals surface area contributed by atoms with Crippen LogP contribution in [0.4, 0.5) is 26.3 Å². The molecule has 0 aliphatic rings. The van der Waals surface area contributed by atoms with Crippen molar-refractivity contribution in [1.82, 2.24) is 5.32 Å². The van der Waals surface area contributed by atoms with Crippen molar-refractivity contribution >= 4 is 6.41 Å². The molecule has 1 amide bonds. The fourth-order valence-electron chi connectivity index (χ4n) is 0.408. The molecule has 0 aliphatic heterocycles. The summed E-state index contributed by atoms with van der Waals surface area (Å²) >= 11 is 0. The largest absolute Gasteiger partial charge is 0.417 e. The van der Waals surface area contributed by atoms with Crippen molar-refractivity contribution in [2.45, 2.75) is 18.4 Å². The Morgan fingerprint density at radius 2 is 1.33 bits per heavy atom. The average Bonchev–Trinajstić information content (AvgIpc) is 1.77. The van der Waals surface area contributed by atoms with Crippen LogP contribution < -0.4 is 5.32 Å². The van der Waals surface area contributed by atoms with Gasteiger partial charge >= 0.3 is 18.8 Å². The molecule has 1 radical (unpaired) electrons. The molecule has 71 valence electrons. The summed E-state index contributed by atoms with van der Waals surface area (Å²) in [6.07, 6.45) is -10.8. The first-order chi connectivity index (χ1) is 5.19. The molecule has 0 rings (SSSR count). The number of alkyl halides is 6. The maximum atomic E-state index is 11.4. The maximum Gasteiger partial charge on any atom is 0.417 e. The Kier molecular flexibility index (Phi) is 2.94. The quantitative estimate of drug-likeness (QED) is 0.518. The van der Waals surface area contributed by atoms with Crippen molar-refractivity contribution in [3.05, 3.63) is 0 Å². The molecular weight excluding hydrogens is 192 g/mol. The molecule has 0 spiro atoms. The summed E-state index contributed by atoms with van der Waals surface area (Å²) in [4.78, 5) is 9.27. The molecule has 1 N–H and O–H groups in total. The third-order valence-electron chi connectivity index (χ3n) is 0.858. The molecule has 0 saturated heterocycles. The molecule has 0 aromatic carbocycles. The minimum Gasteiger partial charge on any atom is -0.329 e. The van der Waals surface area contributed by atoms with Crippen molar-refractivity contribution in [2.75, 3.05) is 0 Å². The summed E-state index contributed by atoms with van der Waals surface area (Å²) in [5.74, 6) is 0. The van der Waals surface area contributed by atoms with Crippen molar-refractivity contribution in [3.8, 4) is 0 Å². The third-order valence-corrected chi connectivity index (χ3v) is 0.858. The van der Waals surface area contributed by atoms with Crippen molar-refractivity contribution in [3.63, 3.8) is 0 Å². The molecule has 0 bridgehead atoms. The van der Waals surface area contributed by atoms with Gasteiger partial charge in [0.25, 0.3) is 0 Å². The van der Waals surface area contributed by atoms with Crippen LogP contribution in [-0.4, -0.2) is 24.8 Å². The minimum absolute atomic E-state index is 0.341. The predicted octanol–water partition coefficient (Wildman–Crippen LogP) is 1.14. The van der Waals surface area contributed by atoms with E-state index in [4.69, 9.17) is 0 Å². The first-order valence-electron chi connectivity index (χ1n) is 2.45. The van der Waals surface area contributed by atoms with Crippen LogP contribution in [0.15, 0.2) is 0 Å². The van der Waals surface area contributed by atoms with Crippen LogP contribution in [0.2, 0.25) is 0 Å². The van der Waals surface area contributed by atoms with Crippen LogP contribution in [0.1, 0.15) is 0 Å². The highest BCUT2D eigenvalue weighted by Crippen LogP contribution is 2.32. The number of hydrogen-bond acceptors (Lipinski definition) is 1. The van der Waals surface area contributed by atoms with Crippen LogP contribution in [0.25, 0.3) is 0 Å². The van der Waals surface area contributed by atoms with E-state index >= 15 is 0 Å². The van der Waals surface area contributed by atoms with Crippen molar-refractivity contribution in [1.29, 1.82) is 0 Å². The van der Waals surface area contributed by atoms with Gasteiger partial charge in [-0.3, -0.25) is 4.79 Å². The summed E-state index contributed by atoms with van der Waals surface area (Å²) in [5, 5.41) is 0.507. The molecule has 0 aromatic heterocycles. The van der Waals surface area contributed by atoms with Gasteiger partial charge in [0, 0.05) is 0 Å². The summed E-state index contributed by atoms with van der Waals surface area (Å²) in [5.41, 5.74) is 0. The maximum absolute atomic E-state index is 11.4. The SMILES string of the molecule is O=[C]NC(C(F)(F)F)C(F)(F)F. The van der Waals surface area contributed by atoms with Gasteiger partial charge in [0.15, 0.2) is 0 Å². The second-order valence-electron chi connectivity index (χ2n) is 1.76. The van der Waals surface area contributed by atoms with Crippen LogP contribution in [0, 0.1) is 0 Å². The Bertz CT molecular complexity index is 146. The van der Waals surface area contributed by atoms with Gasteiger partial charge in [0.05, 0.1) is 0 Å². The number of hydrogen-bond donors (Lipinski definition) is 1. The molecule has 0 unspecified atom stereocenters. The summed E-state index contributed by atoms with van der Waals surface area (Å²) in [6.45, 7) is 0. The van der Waals surface area contributed by atoms with Gasteiger partial charge in [-0.15, -0.1) is 0 Å². The zero-order valence-electron chi connectivity index (χ0n) is 5.25. The zero-order valence-corrected chi connectivity index (χ0v) is 5.25. The number of rotatable bonds is 2. The van der Waals surface area contributed by atoms with Crippen LogP contribution in [-0.2, 0) is 4.79 Å². The Morgan fingerprint density at radius 1 is 1.00 bits per heavy atom. The lowest BCUT2D eigenvalue weighted by Gasteiger charge is -2.21. The standard InChI is InChI=1S/C4H2F6NO/c5-3(6,7)2(11-1-12)4(8,9)10/h2H,(H,11,12). The van der Waals surface area contributed by atoms with Gasteiger partial charge < -0.3 is 5.32 Å². The molecule has 8 heteroatoms. The molecule has 2 nitrogen and oxygen atoms in total. The van der Waals surface area contributed by atoms with Gasteiger partial charge in [-0.1, -0.05) is 0 Å². The lowest BCUT2D eigenvalue weighted by atomic mass is 10.3. The molecule has 0 heterocycles. The number of carbonyl (C=O) groups excluding carboxylic acids is 1. The lowest BCUT2D eigenvalue weighted by molar-refractivity contribution is -0.254. The molecule has 12 heavy (non-hydrogen) atoms. The van der Waals surface area contributed by atoms with Crippen LogP contribution in [0.5, 0.6) is 0 Å². The average molecular weight is 194 g/mol. The Balaban J connectivity index is 4.56. The fraction of sp³-hybridized carbons (Fsp3) is 0.750. The zero-order chi connectivity index (χ0) is 9.99. The van der Waals surface area contributed by atoms with Gasteiger partial charge in [-0.25, -0.2) is 0 Å². The second-order valence-corrected chi connectivity index (χ2v) is 1.76. The van der Waals surface area contributed by atoms with Gasteiger partial charge in [0.2, 0.25) is 6.04 Å². The van der Waals surface area contributed by atoms with E-state index in [-0.39, 0.29) is 0 Å². The molecular formula is C4H2F6NO. The van der Waals surface area contributed by atoms with Gasteiger partial charge in [-0.2, -0.15) is 26.3 Å². The smallest absolute Gasteiger partial charge is 0.329 e. The van der Waals surface area contributed by atoms with E-state index in [0.29, 0.717) is 11.7 Å². The fourth-order valence-corrected chi connectivity index (χ4v) is 0.408. The number of halogens is 6. The van der Waals surface area contributed by atoms with E-state index in [1.165, 1.54) is 0 Å².